The molecule has 1 unspecified atom stereocenters. The van der Waals surface area contributed by atoms with Gasteiger partial charge >= 0.3 is 0 Å². The van der Waals surface area contributed by atoms with Crippen LogP contribution in [0, 0.1) is 5.41 Å². The first-order valence-electron chi connectivity index (χ1n) is 7.22. The number of hydrogen-bond donors (Lipinski definition) is 2. The third-order valence-corrected chi connectivity index (χ3v) is 4.35. The monoisotopic (exact) mass is 276 g/mol. The van der Waals surface area contributed by atoms with Gasteiger partial charge in [-0.3, -0.25) is 4.79 Å². The first kappa shape index (κ1) is 14.9. The van der Waals surface area contributed by atoms with E-state index in [1.165, 1.54) is 6.42 Å². The molecule has 1 aromatic rings. The van der Waals surface area contributed by atoms with Crippen molar-refractivity contribution in [2.24, 2.45) is 11.1 Å². The van der Waals surface area contributed by atoms with E-state index in [4.69, 9.17) is 10.5 Å². The van der Waals surface area contributed by atoms with Crippen molar-refractivity contribution in [1.29, 1.82) is 0 Å². The van der Waals surface area contributed by atoms with Crippen LogP contribution in [-0.2, 0) is 4.79 Å². The highest BCUT2D eigenvalue weighted by Gasteiger charge is 2.37. The molecule has 110 valence electrons. The summed E-state index contributed by atoms with van der Waals surface area (Å²) in [6, 6.07) is 7.76. The molecule has 0 bridgehead atoms. The Hall–Kier alpha value is -1.55. The average Bonchev–Trinajstić information content (AvgIpc) is 2.43. The Morgan fingerprint density at radius 3 is 2.80 bits per heavy atom. The molecule has 1 saturated carbocycles. The Bertz CT molecular complexity index is 464. The molecule has 0 aliphatic heterocycles. The predicted octanol–water partition coefficient (Wildman–Crippen LogP) is 2.39. The molecule has 0 radical (unpaired) electrons. The molecule has 4 nitrogen and oxygen atoms in total. The van der Waals surface area contributed by atoms with Crippen LogP contribution in [0.2, 0.25) is 0 Å². The van der Waals surface area contributed by atoms with Gasteiger partial charge in [0.25, 0.3) is 0 Å². The van der Waals surface area contributed by atoms with E-state index >= 15 is 0 Å². The van der Waals surface area contributed by atoms with E-state index in [0.717, 1.165) is 24.2 Å². The van der Waals surface area contributed by atoms with Crippen LogP contribution >= 0.6 is 0 Å². The zero-order valence-electron chi connectivity index (χ0n) is 12.3. The molecule has 1 atom stereocenters. The third-order valence-electron chi connectivity index (χ3n) is 4.35. The summed E-state index contributed by atoms with van der Waals surface area (Å²) in [7, 11) is 1.64. The number of nitrogens with two attached hydrogens (primary N) is 1. The lowest BCUT2D eigenvalue weighted by molar-refractivity contribution is -0.125. The summed E-state index contributed by atoms with van der Waals surface area (Å²) in [5, 5.41) is 3.06. The second kappa shape index (κ2) is 6.27. The highest BCUT2D eigenvalue weighted by Crippen LogP contribution is 2.42. The second-order valence-corrected chi connectivity index (χ2v) is 5.80. The minimum Gasteiger partial charge on any atom is -0.497 e. The molecule has 1 fully saturated rings. The Labute approximate surface area is 120 Å². The van der Waals surface area contributed by atoms with E-state index in [9.17, 15) is 4.79 Å². The van der Waals surface area contributed by atoms with Gasteiger partial charge in [-0.05, 0) is 49.4 Å². The van der Waals surface area contributed by atoms with Crippen molar-refractivity contribution in [3.8, 4) is 5.75 Å². The van der Waals surface area contributed by atoms with Gasteiger partial charge in [0.05, 0.1) is 13.2 Å². The molecule has 20 heavy (non-hydrogen) atoms. The number of carbonyl (C=O) groups excluding carboxylic acids is 1. The summed E-state index contributed by atoms with van der Waals surface area (Å²) in [4.78, 5) is 12.2. The van der Waals surface area contributed by atoms with Gasteiger partial charge in [0.15, 0.2) is 0 Å². The molecule has 3 N–H and O–H groups in total. The first-order chi connectivity index (χ1) is 9.58. The molecule has 0 saturated heterocycles. The molecule has 0 aromatic heterocycles. The number of hydrogen-bond acceptors (Lipinski definition) is 3. The molecular weight excluding hydrogens is 252 g/mol. The molecular formula is C16H24N2O2. The Morgan fingerprint density at radius 1 is 1.50 bits per heavy atom. The van der Waals surface area contributed by atoms with Gasteiger partial charge in [0.2, 0.25) is 5.91 Å². The van der Waals surface area contributed by atoms with Gasteiger partial charge in [0, 0.05) is 6.42 Å². The fraction of sp³-hybridized carbons (Fsp3) is 0.562. The molecule has 0 spiro atoms. The lowest BCUT2D eigenvalue weighted by atomic mass is 9.66. The minimum atomic E-state index is -0.0208. The minimum absolute atomic E-state index is 0.0208. The zero-order valence-corrected chi connectivity index (χ0v) is 12.3. The highest BCUT2D eigenvalue weighted by atomic mass is 16.5. The molecule has 2 rings (SSSR count). The summed E-state index contributed by atoms with van der Waals surface area (Å²) in [6.07, 6.45) is 3.88. The van der Waals surface area contributed by atoms with Crippen LogP contribution in [0.25, 0.3) is 0 Å². The number of amides is 1. The average molecular weight is 276 g/mol. The zero-order chi connectivity index (χ0) is 14.6. The number of benzene rings is 1. The van der Waals surface area contributed by atoms with E-state index in [-0.39, 0.29) is 17.4 Å². The first-order valence-corrected chi connectivity index (χ1v) is 7.22. The number of rotatable bonds is 6. The van der Waals surface area contributed by atoms with Crippen LogP contribution in [-0.4, -0.2) is 19.6 Å². The van der Waals surface area contributed by atoms with Crippen molar-refractivity contribution in [3.63, 3.8) is 0 Å². The van der Waals surface area contributed by atoms with Crippen molar-refractivity contribution >= 4 is 5.91 Å². The number of carbonyl (C=O) groups is 1. The smallest absolute Gasteiger partial charge is 0.221 e. The van der Waals surface area contributed by atoms with Crippen LogP contribution in [0.3, 0.4) is 0 Å². The van der Waals surface area contributed by atoms with Crippen molar-refractivity contribution in [1.82, 2.24) is 5.32 Å². The van der Waals surface area contributed by atoms with E-state index in [1.807, 2.05) is 31.2 Å². The van der Waals surface area contributed by atoms with Gasteiger partial charge in [-0.1, -0.05) is 18.6 Å². The predicted molar refractivity (Wildman–Crippen MR) is 79.5 cm³/mol. The van der Waals surface area contributed by atoms with Crippen LogP contribution in [0.15, 0.2) is 24.3 Å². The Balaban J connectivity index is 1.93. The molecule has 1 aromatic carbocycles. The maximum atomic E-state index is 12.2. The fourth-order valence-electron chi connectivity index (χ4n) is 2.76. The summed E-state index contributed by atoms with van der Waals surface area (Å²) < 4.78 is 5.21. The van der Waals surface area contributed by atoms with Crippen molar-refractivity contribution in [2.75, 3.05) is 13.7 Å². The quantitative estimate of drug-likeness (QED) is 0.838. The van der Waals surface area contributed by atoms with Crippen LogP contribution in [0.4, 0.5) is 0 Å². The van der Waals surface area contributed by atoms with Gasteiger partial charge < -0.3 is 15.8 Å². The van der Waals surface area contributed by atoms with Gasteiger partial charge in [-0.25, -0.2) is 0 Å². The van der Waals surface area contributed by atoms with Crippen molar-refractivity contribution in [2.45, 2.75) is 38.6 Å². The molecule has 1 amide bonds. The summed E-state index contributed by atoms with van der Waals surface area (Å²) in [5.41, 5.74) is 6.90. The molecule has 4 heteroatoms. The maximum Gasteiger partial charge on any atom is 0.221 e. The van der Waals surface area contributed by atoms with Crippen LogP contribution in [0.1, 0.15) is 44.2 Å². The SMILES string of the molecule is COc1cccc(C(C)NC(=O)CC2(CN)CCC2)c1. The van der Waals surface area contributed by atoms with E-state index in [0.29, 0.717) is 13.0 Å². The number of ether oxygens (including phenoxy) is 1. The van der Waals surface area contributed by atoms with Crippen molar-refractivity contribution < 1.29 is 9.53 Å². The highest BCUT2D eigenvalue weighted by molar-refractivity contribution is 5.77. The third kappa shape index (κ3) is 3.31. The molecule has 1 aliphatic carbocycles. The second-order valence-electron chi connectivity index (χ2n) is 5.80. The normalized spacial score (nSPS) is 17.9. The lowest BCUT2D eigenvalue weighted by Gasteiger charge is -2.40. The van der Waals surface area contributed by atoms with E-state index in [2.05, 4.69) is 5.32 Å². The Morgan fingerprint density at radius 2 is 2.25 bits per heavy atom. The van der Waals surface area contributed by atoms with Gasteiger partial charge in [-0.2, -0.15) is 0 Å². The van der Waals surface area contributed by atoms with Gasteiger partial charge in [-0.15, -0.1) is 0 Å². The summed E-state index contributed by atoms with van der Waals surface area (Å²) >= 11 is 0. The number of nitrogens with one attached hydrogen (secondary N) is 1. The van der Waals surface area contributed by atoms with Crippen LogP contribution in [0.5, 0.6) is 5.75 Å². The van der Waals surface area contributed by atoms with Crippen LogP contribution < -0.4 is 15.8 Å². The molecule has 1 aliphatic rings. The maximum absolute atomic E-state index is 12.2. The largest absolute Gasteiger partial charge is 0.497 e. The summed E-state index contributed by atoms with van der Waals surface area (Å²) in [5.74, 6) is 0.895. The fourth-order valence-corrected chi connectivity index (χ4v) is 2.76. The standard InChI is InChI=1S/C16H24N2O2/c1-12(13-5-3-6-14(9-13)20-2)18-15(19)10-16(11-17)7-4-8-16/h3,5-6,9,12H,4,7-8,10-11,17H2,1-2H3,(H,18,19). The topological polar surface area (TPSA) is 64.3 Å². The van der Waals surface area contributed by atoms with E-state index < -0.39 is 0 Å². The van der Waals surface area contributed by atoms with E-state index in [1.54, 1.807) is 7.11 Å². The lowest BCUT2D eigenvalue weighted by Crippen LogP contribution is -2.42. The van der Waals surface area contributed by atoms with Gasteiger partial charge in [0.1, 0.15) is 5.75 Å². The van der Waals surface area contributed by atoms with Crippen molar-refractivity contribution in [3.05, 3.63) is 29.8 Å². The summed E-state index contributed by atoms with van der Waals surface area (Å²) in [6.45, 7) is 2.59. The molecule has 0 heterocycles. The Kier molecular flexibility index (Phi) is 4.65. The number of methoxy groups -OCH3 is 1.